The van der Waals surface area contributed by atoms with Crippen molar-refractivity contribution in [3.63, 3.8) is 0 Å². The van der Waals surface area contributed by atoms with Crippen LogP contribution in [0.3, 0.4) is 0 Å². The number of anilines is 1. The van der Waals surface area contributed by atoms with Gasteiger partial charge in [-0.1, -0.05) is 30.3 Å². The van der Waals surface area contributed by atoms with Crippen LogP contribution in [0.5, 0.6) is 0 Å². The molecule has 90 valence electrons. The van der Waals surface area contributed by atoms with Crippen LogP contribution < -0.4 is 11.1 Å². The minimum Gasteiger partial charge on any atom is -0.357 e. The summed E-state index contributed by atoms with van der Waals surface area (Å²) in [6.07, 6.45) is 0.760. The van der Waals surface area contributed by atoms with E-state index in [1.165, 1.54) is 5.56 Å². The lowest BCUT2D eigenvalue weighted by molar-refractivity contribution is 0.631. The zero-order valence-corrected chi connectivity index (χ0v) is 10.1. The molecule has 2 aromatic rings. The second-order valence-electron chi connectivity index (χ2n) is 3.99. The van der Waals surface area contributed by atoms with Gasteiger partial charge in [-0.3, -0.25) is 4.57 Å². The molecule has 0 saturated carbocycles. The summed E-state index contributed by atoms with van der Waals surface area (Å²) in [4.78, 5) is 0. The van der Waals surface area contributed by atoms with Crippen LogP contribution in [-0.2, 0) is 13.5 Å². The number of hydrogen-bond acceptors (Lipinski definition) is 4. The molecular weight excluding hydrogens is 214 g/mol. The first-order valence-electron chi connectivity index (χ1n) is 5.59. The Balaban J connectivity index is 2.14. The van der Waals surface area contributed by atoms with Gasteiger partial charge in [-0.2, -0.15) is 0 Å². The highest BCUT2D eigenvalue weighted by molar-refractivity contribution is 5.25. The summed E-state index contributed by atoms with van der Waals surface area (Å²) < 4.78 is 1.88. The van der Waals surface area contributed by atoms with E-state index in [1.54, 1.807) is 0 Å². The van der Waals surface area contributed by atoms with Crippen molar-refractivity contribution in [1.82, 2.24) is 14.8 Å². The van der Waals surface area contributed by atoms with Crippen molar-refractivity contribution in [1.29, 1.82) is 0 Å². The van der Waals surface area contributed by atoms with E-state index in [0.717, 1.165) is 18.2 Å². The maximum absolute atomic E-state index is 6.14. The number of aromatic nitrogens is 3. The molecule has 0 fully saturated rings. The van der Waals surface area contributed by atoms with Crippen molar-refractivity contribution in [2.24, 2.45) is 12.8 Å². The molecule has 1 aromatic heterocycles. The number of benzene rings is 1. The lowest BCUT2D eigenvalue weighted by Crippen LogP contribution is -2.18. The van der Waals surface area contributed by atoms with Gasteiger partial charge in [0.1, 0.15) is 0 Å². The smallest absolute Gasteiger partial charge is 0.224 e. The van der Waals surface area contributed by atoms with Crippen LogP contribution in [0.1, 0.15) is 17.4 Å². The number of hydrogen-bond donors (Lipinski definition) is 2. The first kappa shape index (κ1) is 11.6. The Bertz CT molecular complexity index is 477. The van der Waals surface area contributed by atoms with Gasteiger partial charge in [0.15, 0.2) is 5.82 Å². The molecule has 1 heterocycles. The van der Waals surface area contributed by atoms with E-state index in [1.807, 2.05) is 36.9 Å². The molecule has 0 bridgehead atoms. The first-order chi connectivity index (χ1) is 8.22. The molecule has 0 unspecified atom stereocenters. The lowest BCUT2D eigenvalue weighted by atomic mass is 10.1. The second-order valence-corrected chi connectivity index (χ2v) is 3.99. The maximum Gasteiger partial charge on any atom is 0.224 e. The van der Waals surface area contributed by atoms with Gasteiger partial charge in [-0.15, -0.1) is 10.2 Å². The molecule has 0 aliphatic heterocycles. The largest absolute Gasteiger partial charge is 0.357 e. The molecule has 5 nitrogen and oxygen atoms in total. The van der Waals surface area contributed by atoms with Gasteiger partial charge < -0.3 is 11.1 Å². The molecule has 5 heteroatoms. The highest BCUT2D eigenvalue weighted by Gasteiger charge is 2.15. The number of nitrogens with two attached hydrogens (primary N) is 1. The van der Waals surface area contributed by atoms with Crippen LogP contribution in [0.25, 0.3) is 0 Å². The molecule has 2 rings (SSSR count). The fourth-order valence-electron chi connectivity index (χ4n) is 1.84. The molecule has 1 aromatic carbocycles. The molecule has 17 heavy (non-hydrogen) atoms. The van der Waals surface area contributed by atoms with E-state index in [-0.39, 0.29) is 6.04 Å². The lowest BCUT2D eigenvalue weighted by Gasteiger charge is -2.11. The second kappa shape index (κ2) is 4.97. The Morgan fingerprint density at radius 1 is 1.29 bits per heavy atom. The SMILES string of the molecule is CNc1nnc([C@H](N)Cc2ccccc2)n1C. The van der Waals surface area contributed by atoms with Gasteiger partial charge in [-0.05, 0) is 12.0 Å². The highest BCUT2D eigenvalue weighted by atomic mass is 15.3. The van der Waals surface area contributed by atoms with Crippen molar-refractivity contribution in [2.75, 3.05) is 12.4 Å². The van der Waals surface area contributed by atoms with Crippen molar-refractivity contribution < 1.29 is 0 Å². The Kier molecular flexibility index (Phi) is 3.39. The minimum atomic E-state index is -0.142. The Hall–Kier alpha value is -1.88. The number of nitrogens with zero attached hydrogens (tertiary/aromatic N) is 3. The van der Waals surface area contributed by atoms with Crippen molar-refractivity contribution in [3.8, 4) is 0 Å². The number of rotatable bonds is 4. The van der Waals surface area contributed by atoms with Gasteiger partial charge >= 0.3 is 0 Å². The summed E-state index contributed by atoms with van der Waals surface area (Å²) in [6.45, 7) is 0. The molecule has 0 spiro atoms. The Labute approximate surface area is 101 Å². The van der Waals surface area contributed by atoms with E-state index in [2.05, 4.69) is 27.6 Å². The van der Waals surface area contributed by atoms with Gasteiger partial charge in [-0.25, -0.2) is 0 Å². The van der Waals surface area contributed by atoms with Crippen LogP contribution in [0.2, 0.25) is 0 Å². The Morgan fingerprint density at radius 3 is 2.59 bits per heavy atom. The molecule has 0 aliphatic carbocycles. The number of nitrogens with one attached hydrogen (secondary N) is 1. The molecule has 0 aliphatic rings. The van der Waals surface area contributed by atoms with Crippen LogP contribution in [0.15, 0.2) is 30.3 Å². The minimum absolute atomic E-state index is 0.142. The maximum atomic E-state index is 6.14. The molecule has 0 radical (unpaired) electrons. The van der Waals surface area contributed by atoms with Crippen LogP contribution >= 0.6 is 0 Å². The third kappa shape index (κ3) is 2.45. The summed E-state index contributed by atoms with van der Waals surface area (Å²) in [6, 6.07) is 10.0. The fourth-order valence-corrected chi connectivity index (χ4v) is 1.84. The van der Waals surface area contributed by atoms with Gasteiger partial charge in [0.25, 0.3) is 0 Å². The van der Waals surface area contributed by atoms with Crippen molar-refractivity contribution in [2.45, 2.75) is 12.5 Å². The molecule has 3 N–H and O–H groups in total. The van der Waals surface area contributed by atoms with Crippen molar-refractivity contribution >= 4 is 5.95 Å². The standard InChI is InChI=1S/C12H17N5/c1-14-12-16-15-11(17(12)2)10(13)8-9-6-4-3-5-7-9/h3-7,10H,8,13H2,1-2H3,(H,14,16)/t10-/m1/s1. The zero-order valence-electron chi connectivity index (χ0n) is 10.1. The predicted octanol–water partition coefficient (Wildman–Crippen LogP) is 1.10. The summed E-state index contributed by atoms with van der Waals surface area (Å²) in [7, 11) is 3.72. The summed E-state index contributed by atoms with van der Waals surface area (Å²) >= 11 is 0. The topological polar surface area (TPSA) is 68.8 Å². The molecule has 1 atom stereocenters. The van der Waals surface area contributed by atoms with Gasteiger partial charge in [0.2, 0.25) is 5.95 Å². The van der Waals surface area contributed by atoms with Crippen molar-refractivity contribution in [3.05, 3.63) is 41.7 Å². The summed E-state index contributed by atoms with van der Waals surface area (Å²) in [5, 5.41) is 11.1. The highest BCUT2D eigenvalue weighted by Crippen LogP contribution is 2.15. The quantitative estimate of drug-likeness (QED) is 0.826. The average Bonchev–Trinajstić information content (AvgIpc) is 2.71. The molecule has 0 amide bonds. The fraction of sp³-hybridized carbons (Fsp3) is 0.333. The average molecular weight is 231 g/mol. The first-order valence-corrected chi connectivity index (χ1v) is 5.59. The summed E-state index contributed by atoms with van der Waals surface area (Å²) in [5.41, 5.74) is 7.35. The zero-order chi connectivity index (χ0) is 12.3. The van der Waals surface area contributed by atoms with Gasteiger partial charge in [0, 0.05) is 14.1 Å². The predicted molar refractivity (Wildman–Crippen MR) is 67.6 cm³/mol. The molecule has 0 saturated heterocycles. The van der Waals surface area contributed by atoms with Gasteiger partial charge in [0.05, 0.1) is 6.04 Å². The van der Waals surface area contributed by atoms with E-state index in [9.17, 15) is 0 Å². The van der Waals surface area contributed by atoms with Crippen LogP contribution in [-0.4, -0.2) is 21.8 Å². The third-order valence-corrected chi connectivity index (χ3v) is 2.76. The monoisotopic (exact) mass is 231 g/mol. The normalized spacial score (nSPS) is 12.4. The third-order valence-electron chi connectivity index (χ3n) is 2.76. The van der Waals surface area contributed by atoms with E-state index in [0.29, 0.717) is 0 Å². The van der Waals surface area contributed by atoms with Crippen LogP contribution in [0.4, 0.5) is 5.95 Å². The summed E-state index contributed by atoms with van der Waals surface area (Å²) in [5.74, 6) is 1.52. The van der Waals surface area contributed by atoms with E-state index in [4.69, 9.17) is 5.73 Å². The molecular formula is C12H17N5. The Morgan fingerprint density at radius 2 is 2.00 bits per heavy atom. The van der Waals surface area contributed by atoms with Crippen LogP contribution in [0, 0.1) is 0 Å². The van der Waals surface area contributed by atoms with E-state index >= 15 is 0 Å². The van der Waals surface area contributed by atoms with E-state index < -0.39 is 0 Å².